The smallest absolute Gasteiger partial charge is 0.0356 e. The molecule has 0 aromatic rings. The van der Waals surface area contributed by atoms with Gasteiger partial charge in [0.25, 0.3) is 0 Å². The molecule has 0 heterocycles. The van der Waals surface area contributed by atoms with Crippen LogP contribution in [0.2, 0.25) is 0 Å². The third-order valence-electron chi connectivity index (χ3n) is 4.70. The number of nitrogens with zero attached hydrogens (tertiary/aromatic N) is 1. The summed E-state index contributed by atoms with van der Waals surface area (Å²) in [4.78, 5) is 2.51. The number of likely N-dealkylation sites (N-methyl/N-ethyl adjacent to an activating group) is 2. The van der Waals surface area contributed by atoms with Gasteiger partial charge in [-0.2, -0.15) is 0 Å². The molecule has 1 N–H and O–H groups in total. The molecule has 1 aliphatic rings. The molecular weight excluding hydrogens is 208 g/mol. The summed E-state index contributed by atoms with van der Waals surface area (Å²) in [6.45, 7) is 2.29. The first-order valence-electron chi connectivity index (χ1n) is 7.52. The quantitative estimate of drug-likeness (QED) is 0.716. The van der Waals surface area contributed by atoms with Gasteiger partial charge in [0.15, 0.2) is 0 Å². The molecule has 1 atom stereocenters. The van der Waals surface area contributed by atoms with Crippen molar-refractivity contribution in [2.75, 3.05) is 21.1 Å². The lowest BCUT2D eigenvalue weighted by Crippen LogP contribution is -2.58. The van der Waals surface area contributed by atoms with E-state index in [1.807, 2.05) is 0 Å². The van der Waals surface area contributed by atoms with Gasteiger partial charge >= 0.3 is 0 Å². The molecule has 0 aromatic heterocycles. The van der Waals surface area contributed by atoms with Crippen molar-refractivity contribution in [2.24, 2.45) is 0 Å². The molecule has 1 saturated carbocycles. The maximum absolute atomic E-state index is 3.61. The summed E-state index contributed by atoms with van der Waals surface area (Å²) >= 11 is 0. The fourth-order valence-corrected chi connectivity index (χ4v) is 3.54. The molecule has 17 heavy (non-hydrogen) atoms. The minimum atomic E-state index is 0.403. The largest absolute Gasteiger partial charge is 0.315 e. The standard InChI is InChI=1S/C15H32N2/c1-5-6-11-14(16-2)15(17(3)4)12-9-7-8-10-13-15/h14,16H,5-13H2,1-4H3. The zero-order valence-corrected chi connectivity index (χ0v) is 12.4. The molecule has 1 rings (SSSR count). The van der Waals surface area contributed by atoms with Crippen molar-refractivity contribution >= 4 is 0 Å². The highest BCUT2D eigenvalue weighted by atomic mass is 15.2. The van der Waals surface area contributed by atoms with Crippen LogP contribution in [0, 0.1) is 0 Å². The SMILES string of the molecule is CCCCC(NC)C1(N(C)C)CCCCCC1. The van der Waals surface area contributed by atoms with Gasteiger partial charge in [-0.15, -0.1) is 0 Å². The summed E-state index contributed by atoms with van der Waals surface area (Å²) in [7, 11) is 6.71. The minimum absolute atomic E-state index is 0.403. The van der Waals surface area contributed by atoms with Crippen molar-refractivity contribution in [3.05, 3.63) is 0 Å². The van der Waals surface area contributed by atoms with E-state index in [1.54, 1.807) is 0 Å². The van der Waals surface area contributed by atoms with Gasteiger partial charge in [0.2, 0.25) is 0 Å². The van der Waals surface area contributed by atoms with E-state index >= 15 is 0 Å². The lowest BCUT2D eigenvalue weighted by atomic mass is 9.79. The van der Waals surface area contributed by atoms with E-state index in [2.05, 4.69) is 38.3 Å². The molecule has 0 bridgehead atoms. The molecule has 0 radical (unpaired) electrons. The second-order valence-electron chi connectivity index (χ2n) is 5.90. The third-order valence-corrected chi connectivity index (χ3v) is 4.70. The fourth-order valence-electron chi connectivity index (χ4n) is 3.54. The van der Waals surface area contributed by atoms with Gasteiger partial charge in [0, 0.05) is 11.6 Å². The van der Waals surface area contributed by atoms with Gasteiger partial charge < -0.3 is 10.2 Å². The summed E-state index contributed by atoms with van der Waals surface area (Å²) in [5.74, 6) is 0. The first-order chi connectivity index (χ1) is 8.17. The Labute approximate surface area is 108 Å². The summed E-state index contributed by atoms with van der Waals surface area (Å²) in [6, 6.07) is 0.663. The van der Waals surface area contributed by atoms with Crippen LogP contribution in [-0.2, 0) is 0 Å². The van der Waals surface area contributed by atoms with Crippen molar-refractivity contribution in [2.45, 2.75) is 76.3 Å². The number of unbranched alkanes of at least 4 members (excludes halogenated alkanes) is 1. The van der Waals surface area contributed by atoms with Crippen LogP contribution >= 0.6 is 0 Å². The van der Waals surface area contributed by atoms with E-state index in [0.717, 1.165) is 0 Å². The van der Waals surface area contributed by atoms with Gasteiger partial charge in [-0.1, -0.05) is 45.4 Å². The highest BCUT2D eigenvalue weighted by Gasteiger charge is 2.39. The van der Waals surface area contributed by atoms with Crippen LogP contribution in [0.25, 0.3) is 0 Å². The monoisotopic (exact) mass is 240 g/mol. The Morgan fingerprint density at radius 1 is 1.12 bits per heavy atom. The predicted octanol–water partition coefficient (Wildman–Crippen LogP) is 3.42. The fraction of sp³-hybridized carbons (Fsp3) is 1.00. The van der Waals surface area contributed by atoms with Crippen molar-refractivity contribution in [1.82, 2.24) is 10.2 Å². The Hall–Kier alpha value is -0.0800. The second kappa shape index (κ2) is 7.38. The van der Waals surface area contributed by atoms with Gasteiger partial charge in [0.1, 0.15) is 0 Å². The molecule has 2 nitrogen and oxygen atoms in total. The first-order valence-corrected chi connectivity index (χ1v) is 7.52. The number of rotatable bonds is 6. The van der Waals surface area contributed by atoms with Gasteiger partial charge in [-0.05, 0) is 40.4 Å². The van der Waals surface area contributed by atoms with Crippen LogP contribution in [0.4, 0.5) is 0 Å². The normalized spacial score (nSPS) is 22.4. The van der Waals surface area contributed by atoms with Crippen LogP contribution in [-0.4, -0.2) is 37.6 Å². The van der Waals surface area contributed by atoms with Gasteiger partial charge in [-0.3, -0.25) is 0 Å². The molecule has 0 saturated heterocycles. The molecule has 2 heteroatoms. The topological polar surface area (TPSA) is 15.3 Å². The molecule has 1 aliphatic carbocycles. The van der Waals surface area contributed by atoms with Crippen molar-refractivity contribution < 1.29 is 0 Å². The summed E-state index contributed by atoms with van der Waals surface area (Å²) in [6.07, 6.45) is 12.4. The number of nitrogens with one attached hydrogen (secondary N) is 1. The van der Waals surface area contributed by atoms with Crippen molar-refractivity contribution in [3.63, 3.8) is 0 Å². The molecule has 102 valence electrons. The van der Waals surface area contributed by atoms with Crippen LogP contribution in [0.15, 0.2) is 0 Å². The summed E-state index contributed by atoms with van der Waals surface area (Å²) < 4.78 is 0. The molecule has 0 aliphatic heterocycles. The van der Waals surface area contributed by atoms with Crippen LogP contribution in [0.1, 0.15) is 64.7 Å². The maximum atomic E-state index is 3.61. The first kappa shape index (κ1) is 15.0. The Balaban J connectivity index is 2.78. The minimum Gasteiger partial charge on any atom is -0.315 e. The Morgan fingerprint density at radius 2 is 1.71 bits per heavy atom. The Morgan fingerprint density at radius 3 is 2.12 bits per heavy atom. The summed E-state index contributed by atoms with van der Waals surface area (Å²) in [5.41, 5.74) is 0.403. The Bertz CT molecular complexity index is 193. The number of hydrogen-bond acceptors (Lipinski definition) is 2. The van der Waals surface area contributed by atoms with Crippen molar-refractivity contribution in [1.29, 1.82) is 0 Å². The Kier molecular flexibility index (Phi) is 6.50. The highest BCUT2D eigenvalue weighted by molar-refractivity contribution is 4.99. The predicted molar refractivity (Wildman–Crippen MR) is 76.5 cm³/mol. The average molecular weight is 240 g/mol. The van der Waals surface area contributed by atoms with E-state index in [4.69, 9.17) is 0 Å². The molecule has 0 aromatic carbocycles. The molecule has 1 unspecified atom stereocenters. The highest BCUT2D eigenvalue weighted by Crippen LogP contribution is 2.35. The molecule has 0 spiro atoms. The number of hydrogen-bond donors (Lipinski definition) is 1. The zero-order valence-electron chi connectivity index (χ0n) is 12.4. The van der Waals surface area contributed by atoms with E-state index in [0.29, 0.717) is 11.6 Å². The lowest BCUT2D eigenvalue weighted by molar-refractivity contribution is 0.0787. The van der Waals surface area contributed by atoms with Gasteiger partial charge in [0.05, 0.1) is 0 Å². The van der Waals surface area contributed by atoms with Gasteiger partial charge in [-0.25, -0.2) is 0 Å². The third kappa shape index (κ3) is 3.69. The van der Waals surface area contributed by atoms with E-state index in [9.17, 15) is 0 Å². The summed E-state index contributed by atoms with van der Waals surface area (Å²) in [5, 5.41) is 3.61. The van der Waals surface area contributed by atoms with Crippen molar-refractivity contribution in [3.8, 4) is 0 Å². The van der Waals surface area contributed by atoms with Crippen LogP contribution in [0.5, 0.6) is 0 Å². The van der Waals surface area contributed by atoms with E-state index in [1.165, 1.54) is 57.8 Å². The molecular formula is C15H32N2. The molecule has 0 amide bonds. The maximum Gasteiger partial charge on any atom is 0.0356 e. The average Bonchev–Trinajstić information content (AvgIpc) is 2.57. The van der Waals surface area contributed by atoms with Crippen LogP contribution in [0.3, 0.4) is 0 Å². The van der Waals surface area contributed by atoms with E-state index in [-0.39, 0.29) is 0 Å². The zero-order chi connectivity index (χ0) is 12.7. The van der Waals surface area contributed by atoms with E-state index < -0.39 is 0 Å². The van der Waals surface area contributed by atoms with Crippen LogP contribution < -0.4 is 5.32 Å². The molecule has 1 fully saturated rings. The lowest BCUT2D eigenvalue weighted by Gasteiger charge is -2.46. The second-order valence-corrected chi connectivity index (χ2v) is 5.90.